The van der Waals surface area contributed by atoms with Crippen LogP contribution in [0.4, 0.5) is 11.6 Å². The van der Waals surface area contributed by atoms with Crippen LogP contribution in [0.5, 0.6) is 17.2 Å². The quantitative estimate of drug-likeness (QED) is 0.490. The molecule has 0 amide bonds. The molecule has 28 heavy (non-hydrogen) atoms. The maximum absolute atomic E-state index is 5.40. The first-order chi connectivity index (χ1) is 13.7. The van der Waals surface area contributed by atoms with Crippen LogP contribution in [0.3, 0.4) is 0 Å². The second kappa shape index (κ2) is 7.74. The Morgan fingerprint density at radius 2 is 1.68 bits per heavy atom. The molecule has 0 saturated heterocycles. The Labute approximate surface area is 166 Å². The van der Waals surface area contributed by atoms with Gasteiger partial charge < -0.3 is 19.5 Å². The molecule has 7 heteroatoms. The zero-order valence-electron chi connectivity index (χ0n) is 15.7. The Morgan fingerprint density at radius 1 is 0.929 bits per heavy atom. The summed E-state index contributed by atoms with van der Waals surface area (Å²) in [7, 11) is 4.74. The lowest BCUT2D eigenvalue weighted by atomic mass is 10.1. The number of fused-ring (bicyclic) bond motifs is 1. The van der Waals surface area contributed by atoms with Gasteiger partial charge >= 0.3 is 0 Å². The molecule has 0 fully saturated rings. The fraction of sp³-hybridized carbons (Fsp3) is 0.143. The summed E-state index contributed by atoms with van der Waals surface area (Å²) in [6.07, 6.45) is 1.75. The summed E-state index contributed by atoms with van der Waals surface area (Å²) >= 11 is 1.70. The Morgan fingerprint density at radius 3 is 2.39 bits per heavy atom. The van der Waals surface area contributed by atoms with E-state index in [1.165, 1.54) is 10.1 Å². The summed E-state index contributed by atoms with van der Waals surface area (Å²) in [4.78, 5) is 9.03. The van der Waals surface area contributed by atoms with Gasteiger partial charge in [0.25, 0.3) is 0 Å². The van der Waals surface area contributed by atoms with Crippen molar-refractivity contribution < 1.29 is 14.2 Å². The smallest absolute Gasteiger partial charge is 0.227 e. The van der Waals surface area contributed by atoms with Crippen molar-refractivity contribution >= 4 is 33.1 Å². The zero-order valence-corrected chi connectivity index (χ0v) is 16.5. The first-order valence-corrected chi connectivity index (χ1v) is 9.48. The SMILES string of the molecule is COc1cc(Nc2nccc(-c3csc4ccccc34)n2)cc(OC)c1OC. The average molecular weight is 393 g/mol. The van der Waals surface area contributed by atoms with Crippen LogP contribution in [-0.4, -0.2) is 31.3 Å². The number of hydrogen-bond acceptors (Lipinski definition) is 7. The van der Waals surface area contributed by atoms with Gasteiger partial charge in [-0.3, -0.25) is 0 Å². The van der Waals surface area contributed by atoms with Gasteiger partial charge in [0.05, 0.1) is 27.0 Å². The van der Waals surface area contributed by atoms with E-state index in [4.69, 9.17) is 14.2 Å². The molecular formula is C21H19N3O3S. The van der Waals surface area contributed by atoms with Crippen molar-refractivity contribution in [3.05, 3.63) is 54.0 Å². The number of nitrogens with one attached hydrogen (secondary N) is 1. The lowest BCUT2D eigenvalue weighted by Crippen LogP contribution is -2.00. The highest BCUT2D eigenvalue weighted by atomic mass is 32.1. The van der Waals surface area contributed by atoms with Crippen molar-refractivity contribution in [2.45, 2.75) is 0 Å². The molecule has 0 bridgehead atoms. The largest absolute Gasteiger partial charge is 0.493 e. The number of ether oxygens (including phenoxy) is 3. The predicted octanol–water partition coefficient (Wildman–Crippen LogP) is 5.13. The number of thiophene rings is 1. The third kappa shape index (κ3) is 3.32. The van der Waals surface area contributed by atoms with Crippen LogP contribution in [0.25, 0.3) is 21.3 Å². The Bertz CT molecular complexity index is 1100. The van der Waals surface area contributed by atoms with Gasteiger partial charge in [-0.25, -0.2) is 9.97 Å². The molecule has 0 saturated carbocycles. The van der Waals surface area contributed by atoms with Gasteiger partial charge in [-0.05, 0) is 12.1 Å². The van der Waals surface area contributed by atoms with Crippen LogP contribution >= 0.6 is 11.3 Å². The van der Waals surface area contributed by atoms with E-state index in [0.717, 1.165) is 16.9 Å². The van der Waals surface area contributed by atoms with Crippen LogP contribution in [0.1, 0.15) is 0 Å². The Balaban J connectivity index is 1.69. The number of nitrogens with zero attached hydrogens (tertiary/aromatic N) is 2. The number of hydrogen-bond donors (Lipinski definition) is 1. The van der Waals surface area contributed by atoms with E-state index in [1.54, 1.807) is 38.9 Å². The highest BCUT2D eigenvalue weighted by Gasteiger charge is 2.14. The zero-order chi connectivity index (χ0) is 19.5. The fourth-order valence-electron chi connectivity index (χ4n) is 3.03. The van der Waals surface area contributed by atoms with E-state index in [0.29, 0.717) is 23.2 Å². The number of anilines is 2. The normalized spacial score (nSPS) is 10.7. The van der Waals surface area contributed by atoms with E-state index in [-0.39, 0.29) is 0 Å². The molecular weight excluding hydrogens is 374 g/mol. The van der Waals surface area contributed by atoms with E-state index in [1.807, 2.05) is 30.3 Å². The van der Waals surface area contributed by atoms with Crippen LogP contribution < -0.4 is 19.5 Å². The van der Waals surface area contributed by atoms with Crippen molar-refractivity contribution in [3.8, 4) is 28.5 Å². The standard InChI is InChI=1S/C21H19N3O3S/c1-25-17-10-13(11-18(26-2)20(17)27-3)23-21-22-9-8-16(24-21)15-12-28-19-7-5-4-6-14(15)19/h4-12H,1-3H3,(H,22,23,24). The van der Waals surface area contributed by atoms with Gasteiger partial charge in [0.1, 0.15) is 0 Å². The lowest BCUT2D eigenvalue weighted by Gasteiger charge is -2.14. The molecule has 0 aliphatic carbocycles. The lowest BCUT2D eigenvalue weighted by molar-refractivity contribution is 0.324. The minimum atomic E-state index is 0.488. The van der Waals surface area contributed by atoms with Gasteiger partial charge in [0, 0.05) is 45.0 Å². The van der Waals surface area contributed by atoms with Crippen LogP contribution in [0, 0.1) is 0 Å². The van der Waals surface area contributed by atoms with Crippen molar-refractivity contribution in [1.82, 2.24) is 9.97 Å². The molecule has 142 valence electrons. The monoisotopic (exact) mass is 393 g/mol. The molecule has 0 spiro atoms. The highest BCUT2D eigenvalue weighted by molar-refractivity contribution is 7.17. The van der Waals surface area contributed by atoms with Crippen molar-refractivity contribution in [1.29, 1.82) is 0 Å². The van der Waals surface area contributed by atoms with Crippen LogP contribution in [0.15, 0.2) is 54.0 Å². The van der Waals surface area contributed by atoms with Crippen molar-refractivity contribution in [3.63, 3.8) is 0 Å². The molecule has 0 aliphatic rings. The predicted molar refractivity (Wildman–Crippen MR) is 112 cm³/mol. The highest BCUT2D eigenvalue weighted by Crippen LogP contribution is 2.40. The summed E-state index contributed by atoms with van der Waals surface area (Å²) in [6, 6.07) is 13.8. The second-order valence-corrected chi connectivity index (χ2v) is 6.86. The minimum absolute atomic E-state index is 0.488. The van der Waals surface area contributed by atoms with E-state index >= 15 is 0 Å². The van der Waals surface area contributed by atoms with Gasteiger partial charge in [-0.1, -0.05) is 18.2 Å². The Hall–Kier alpha value is -3.32. The molecule has 0 aliphatic heterocycles. The summed E-state index contributed by atoms with van der Waals surface area (Å²) in [5, 5.41) is 6.53. The molecule has 4 rings (SSSR count). The summed E-state index contributed by atoms with van der Waals surface area (Å²) in [6.45, 7) is 0. The van der Waals surface area contributed by atoms with Gasteiger partial charge in [0.2, 0.25) is 11.7 Å². The maximum Gasteiger partial charge on any atom is 0.227 e. The van der Waals surface area contributed by atoms with Gasteiger partial charge in [-0.2, -0.15) is 0 Å². The summed E-state index contributed by atoms with van der Waals surface area (Å²) in [5.41, 5.74) is 2.69. The summed E-state index contributed by atoms with van der Waals surface area (Å²) in [5.74, 6) is 2.14. The average Bonchev–Trinajstić information content (AvgIpc) is 3.17. The molecule has 0 radical (unpaired) electrons. The summed E-state index contributed by atoms with van der Waals surface area (Å²) < 4.78 is 17.4. The fourth-order valence-corrected chi connectivity index (χ4v) is 3.98. The van der Waals surface area contributed by atoms with Crippen LogP contribution in [-0.2, 0) is 0 Å². The van der Waals surface area contributed by atoms with E-state index in [9.17, 15) is 0 Å². The van der Waals surface area contributed by atoms with E-state index in [2.05, 4.69) is 32.8 Å². The number of rotatable bonds is 6. The molecule has 2 heterocycles. The second-order valence-electron chi connectivity index (χ2n) is 5.95. The molecule has 2 aromatic heterocycles. The Kier molecular flexibility index (Phi) is 4.99. The van der Waals surface area contributed by atoms with Crippen molar-refractivity contribution in [2.24, 2.45) is 0 Å². The molecule has 2 aromatic carbocycles. The third-order valence-electron chi connectivity index (χ3n) is 4.33. The third-order valence-corrected chi connectivity index (χ3v) is 5.30. The maximum atomic E-state index is 5.40. The van der Waals surface area contributed by atoms with Gasteiger partial charge in [0.15, 0.2) is 11.5 Å². The van der Waals surface area contributed by atoms with Crippen molar-refractivity contribution in [2.75, 3.05) is 26.6 Å². The first-order valence-electron chi connectivity index (χ1n) is 8.60. The number of benzene rings is 2. The molecule has 0 atom stereocenters. The molecule has 6 nitrogen and oxygen atoms in total. The molecule has 4 aromatic rings. The van der Waals surface area contributed by atoms with Crippen LogP contribution in [0.2, 0.25) is 0 Å². The minimum Gasteiger partial charge on any atom is -0.493 e. The van der Waals surface area contributed by atoms with Gasteiger partial charge in [-0.15, -0.1) is 11.3 Å². The number of methoxy groups -OCH3 is 3. The number of aromatic nitrogens is 2. The molecule has 1 N–H and O–H groups in total. The topological polar surface area (TPSA) is 65.5 Å². The molecule has 0 unspecified atom stereocenters. The first kappa shape index (κ1) is 18.1. The van der Waals surface area contributed by atoms with E-state index < -0.39 is 0 Å².